The van der Waals surface area contributed by atoms with E-state index < -0.39 is 0 Å². The molecule has 0 fully saturated rings. The SMILES string of the molecule is N=C(N)c1ccc2c(c1)NCC=C2. The van der Waals surface area contributed by atoms with E-state index >= 15 is 0 Å². The number of hydrogen-bond acceptors (Lipinski definition) is 2. The largest absolute Gasteiger partial charge is 0.384 e. The zero-order valence-corrected chi connectivity index (χ0v) is 7.17. The highest BCUT2D eigenvalue weighted by molar-refractivity contribution is 5.96. The zero-order valence-electron chi connectivity index (χ0n) is 7.17. The van der Waals surface area contributed by atoms with E-state index in [1.807, 2.05) is 18.2 Å². The number of anilines is 1. The summed E-state index contributed by atoms with van der Waals surface area (Å²) in [5.41, 5.74) is 8.35. The van der Waals surface area contributed by atoms with Gasteiger partial charge in [-0.05, 0) is 11.6 Å². The van der Waals surface area contributed by atoms with Gasteiger partial charge in [0.1, 0.15) is 5.84 Å². The molecule has 13 heavy (non-hydrogen) atoms. The molecule has 0 saturated carbocycles. The molecule has 66 valence electrons. The third-order valence-corrected chi connectivity index (χ3v) is 2.07. The molecule has 0 spiro atoms. The third-order valence-electron chi connectivity index (χ3n) is 2.07. The van der Waals surface area contributed by atoms with Gasteiger partial charge in [0.2, 0.25) is 0 Å². The monoisotopic (exact) mass is 173 g/mol. The highest BCUT2D eigenvalue weighted by atomic mass is 14.9. The average molecular weight is 173 g/mol. The van der Waals surface area contributed by atoms with Crippen molar-refractivity contribution in [3.8, 4) is 0 Å². The van der Waals surface area contributed by atoms with Gasteiger partial charge in [0, 0.05) is 17.8 Å². The van der Waals surface area contributed by atoms with Gasteiger partial charge in [-0.2, -0.15) is 0 Å². The van der Waals surface area contributed by atoms with Crippen molar-refractivity contribution in [2.45, 2.75) is 0 Å². The standard InChI is InChI=1S/C10H11N3/c11-10(12)8-4-3-7-2-1-5-13-9(7)6-8/h1-4,6,13H,5H2,(H3,11,12). The van der Waals surface area contributed by atoms with Crippen molar-refractivity contribution in [1.82, 2.24) is 0 Å². The number of hydrogen-bond donors (Lipinski definition) is 3. The van der Waals surface area contributed by atoms with Crippen LogP contribution in [0.4, 0.5) is 5.69 Å². The van der Waals surface area contributed by atoms with Crippen molar-refractivity contribution >= 4 is 17.6 Å². The number of rotatable bonds is 1. The molecule has 0 amide bonds. The highest BCUT2D eigenvalue weighted by Gasteiger charge is 2.05. The Morgan fingerprint density at radius 3 is 3.08 bits per heavy atom. The topological polar surface area (TPSA) is 61.9 Å². The van der Waals surface area contributed by atoms with E-state index in [0.717, 1.165) is 23.4 Å². The summed E-state index contributed by atoms with van der Waals surface area (Å²) in [6, 6.07) is 5.73. The summed E-state index contributed by atoms with van der Waals surface area (Å²) in [4.78, 5) is 0. The molecule has 1 aromatic carbocycles. The van der Waals surface area contributed by atoms with Gasteiger partial charge in [0.05, 0.1) is 0 Å². The number of benzene rings is 1. The molecule has 0 unspecified atom stereocenters. The molecule has 3 heteroatoms. The Labute approximate surface area is 76.8 Å². The molecule has 3 nitrogen and oxygen atoms in total. The predicted molar refractivity (Wildman–Crippen MR) is 55.0 cm³/mol. The molecule has 0 saturated heterocycles. The van der Waals surface area contributed by atoms with Gasteiger partial charge in [-0.15, -0.1) is 0 Å². The molecule has 0 aromatic heterocycles. The lowest BCUT2D eigenvalue weighted by Gasteiger charge is -2.13. The lowest BCUT2D eigenvalue weighted by molar-refractivity contribution is 1.30. The van der Waals surface area contributed by atoms with Crippen LogP contribution in [0.15, 0.2) is 24.3 Å². The molecular weight excluding hydrogens is 162 g/mol. The summed E-state index contributed by atoms with van der Waals surface area (Å²) in [7, 11) is 0. The fraction of sp³-hybridized carbons (Fsp3) is 0.100. The second kappa shape index (κ2) is 2.94. The first-order valence-electron chi connectivity index (χ1n) is 4.16. The molecule has 1 aliphatic heterocycles. The summed E-state index contributed by atoms with van der Waals surface area (Å²) in [5.74, 6) is 0.110. The summed E-state index contributed by atoms with van der Waals surface area (Å²) in [6.07, 6.45) is 4.13. The van der Waals surface area contributed by atoms with Crippen molar-refractivity contribution in [3.63, 3.8) is 0 Å². The van der Waals surface area contributed by atoms with E-state index in [9.17, 15) is 0 Å². The number of amidine groups is 1. The van der Waals surface area contributed by atoms with Gasteiger partial charge < -0.3 is 11.1 Å². The highest BCUT2D eigenvalue weighted by Crippen LogP contribution is 2.21. The van der Waals surface area contributed by atoms with E-state index in [1.165, 1.54) is 0 Å². The molecule has 2 rings (SSSR count). The van der Waals surface area contributed by atoms with Crippen molar-refractivity contribution in [2.24, 2.45) is 5.73 Å². The zero-order chi connectivity index (χ0) is 9.26. The minimum Gasteiger partial charge on any atom is -0.384 e. The molecule has 1 heterocycles. The van der Waals surface area contributed by atoms with E-state index in [2.05, 4.69) is 17.5 Å². The van der Waals surface area contributed by atoms with E-state index in [1.54, 1.807) is 0 Å². The van der Waals surface area contributed by atoms with Crippen LogP contribution in [0.3, 0.4) is 0 Å². The van der Waals surface area contributed by atoms with E-state index in [0.29, 0.717) is 0 Å². The quantitative estimate of drug-likeness (QED) is 0.444. The second-order valence-corrected chi connectivity index (χ2v) is 3.00. The second-order valence-electron chi connectivity index (χ2n) is 3.00. The van der Waals surface area contributed by atoms with Gasteiger partial charge in [0.25, 0.3) is 0 Å². The van der Waals surface area contributed by atoms with Crippen LogP contribution in [0.5, 0.6) is 0 Å². The van der Waals surface area contributed by atoms with Crippen LogP contribution in [0, 0.1) is 5.41 Å². The van der Waals surface area contributed by atoms with Crippen LogP contribution in [-0.2, 0) is 0 Å². The van der Waals surface area contributed by atoms with Gasteiger partial charge in [-0.3, -0.25) is 5.41 Å². The first kappa shape index (κ1) is 7.86. The summed E-state index contributed by atoms with van der Waals surface area (Å²) in [6.45, 7) is 0.842. The van der Waals surface area contributed by atoms with Crippen LogP contribution in [-0.4, -0.2) is 12.4 Å². The van der Waals surface area contributed by atoms with Crippen molar-refractivity contribution in [2.75, 3.05) is 11.9 Å². The molecule has 0 bridgehead atoms. The lowest BCUT2D eigenvalue weighted by Crippen LogP contribution is -2.12. The molecule has 0 radical (unpaired) electrons. The minimum absolute atomic E-state index is 0.110. The van der Waals surface area contributed by atoms with Crippen LogP contribution in [0.2, 0.25) is 0 Å². The Kier molecular flexibility index (Phi) is 1.77. The Morgan fingerprint density at radius 1 is 1.46 bits per heavy atom. The van der Waals surface area contributed by atoms with Gasteiger partial charge in [-0.25, -0.2) is 0 Å². The smallest absolute Gasteiger partial charge is 0.122 e. The maximum atomic E-state index is 7.28. The maximum absolute atomic E-state index is 7.28. The van der Waals surface area contributed by atoms with Crippen LogP contribution >= 0.6 is 0 Å². The van der Waals surface area contributed by atoms with Crippen molar-refractivity contribution in [3.05, 3.63) is 35.4 Å². The number of nitrogens with one attached hydrogen (secondary N) is 2. The predicted octanol–water partition coefficient (Wildman–Crippen LogP) is 1.41. The minimum atomic E-state index is 0.110. The van der Waals surface area contributed by atoms with Crippen LogP contribution < -0.4 is 11.1 Å². The molecule has 0 aliphatic carbocycles. The fourth-order valence-electron chi connectivity index (χ4n) is 1.38. The van der Waals surface area contributed by atoms with Gasteiger partial charge in [0.15, 0.2) is 0 Å². The summed E-state index contributed by atoms with van der Waals surface area (Å²) >= 11 is 0. The summed E-state index contributed by atoms with van der Waals surface area (Å²) in [5, 5.41) is 10.5. The van der Waals surface area contributed by atoms with Crippen LogP contribution in [0.25, 0.3) is 6.08 Å². The van der Waals surface area contributed by atoms with E-state index in [4.69, 9.17) is 11.1 Å². The Hall–Kier alpha value is -1.77. The van der Waals surface area contributed by atoms with Gasteiger partial charge in [-0.1, -0.05) is 24.3 Å². The van der Waals surface area contributed by atoms with E-state index in [-0.39, 0.29) is 5.84 Å². The first-order chi connectivity index (χ1) is 6.27. The first-order valence-corrected chi connectivity index (χ1v) is 4.16. The fourth-order valence-corrected chi connectivity index (χ4v) is 1.38. The Balaban J connectivity index is 2.48. The molecular formula is C10H11N3. The lowest BCUT2D eigenvalue weighted by atomic mass is 10.1. The number of fused-ring (bicyclic) bond motifs is 1. The van der Waals surface area contributed by atoms with Crippen LogP contribution in [0.1, 0.15) is 11.1 Å². The molecule has 1 aromatic rings. The third kappa shape index (κ3) is 1.40. The molecule has 4 N–H and O–H groups in total. The molecule has 1 aliphatic rings. The molecule has 0 atom stereocenters. The van der Waals surface area contributed by atoms with Crippen molar-refractivity contribution < 1.29 is 0 Å². The summed E-state index contributed by atoms with van der Waals surface area (Å²) < 4.78 is 0. The number of nitrogens with two attached hydrogens (primary N) is 1. The maximum Gasteiger partial charge on any atom is 0.122 e. The number of nitrogen functional groups attached to an aromatic ring is 1. The Bertz CT molecular complexity index is 380. The average Bonchev–Trinajstić information content (AvgIpc) is 2.17. The van der Waals surface area contributed by atoms with Crippen molar-refractivity contribution in [1.29, 1.82) is 5.41 Å². The van der Waals surface area contributed by atoms with Gasteiger partial charge >= 0.3 is 0 Å². The Morgan fingerprint density at radius 2 is 2.31 bits per heavy atom. The normalized spacial score (nSPS) is 13.2.